The molecule has 2 aromatic rings. The quantitative estimate of drug-likeness (QED) is 0.851. The highest BCUT2D eigenvalue weighted by atomic mass is 16.2. The van der Waals surface area contributed by atoms with Crippen LogP contribution >= 0.6 is 0 Å². The Morgan fingerprint density at radius 1 is 1.16 bits per heavy atom. The molecule has 132 valence electrons. The third-order valence-corrected chi connectivity index (χ3v) is 4.68. The van der Waals surface area contributed by atoms with Crippen molar-refractivity contribution in [2.45, 2.75) is 25.9 Å². The molecule has 0 spiro atoms. The van der Waals surface area contributed by atoms with Gasteiger partial charge in [0.15, 0.2) is 0 Å². The van der Waals surface area contributed by atoms with Crippen molar-refractivity contribution in [1.82, 2.24) is 20.5 Å². The monoisotopic (exact) mass is 338 g/mol. The van der Waals surface area contributed by atoms with Gasteiger partial charge in [-0.2, -0.15) is 0 Å². The Hall–Kier alpha value is -2.40. The Morgan fingerprint density at radius 2 is 1.96 bits per heavy atom. The number of hydrogen-bond donors (Lipinski definition) is 2. The van der Waals surface area contributed by atoms with Crippen LogP contribution in [0, 0.1) is 5.92 Å². The number of nitrogens with zero attached hydrogens (tertiary/aromatic N) is 2. The van der Waals surface area contributed by atoms with Crippen LogP contribution in [0.5, 0.6) is 0 Å². The first-order chi connectivity index (χ1) is 12.2. The summed E-state index contributed by atoms with van der Waals surface area (Å²) < 4.78 is 0. The number of carbonyl (C=O) groups excluding carboxylic acids is 1. The van der Waals surface area contributed by atoms with E-state index in [9.17, 15) is 4.79 Å². The van der Waals surface area contributed by atoms with Crippen LogP contribution in [0.25, 0.3) is 0 Å². The first-order valence-electron chi connectivity index (χ1n) is 8.90. The van der Waals surface area contributed by atoms with Crippen molar-refractivity contribution in [3.63, 3.8) is 0 Å². The molecular formula is C20H26N4O. The zero-order valence-electron chi connectivity index (χ0n) is 14.7. The summed E-state index contributed by atoms with van der Waals surface area (Å²) in [4.78, 5) is 18.6. The largest absolute Gasteiger partial charge is 0.338 e. The maximum Gasteiger partial charge on any atom is 0.315 e. The zero-order chi connectivity index (χ0) is 17.5. The molecule has 2 unspecified atom stereocenters. The van der Waals surface area contributed by atoms with Gasteiger partial charge in [-0.05, 0) is 29.5 Å². The number of urea groups is 1. The predicted octanol–water partition coefficient (Wildman–Crippen LogP) is 2.44. The van der Waals surface area contributed by atoms with Crippen molar-refractivity contribution in [3.8, 4) is 0 Å². The van der Waals surface area contributed by atoms with Gasteiger partial charge in [0.05, 0.1) is 0 Å². The van der Waals surface area contributed by atoms with E-state index in [1.165, 1.54) is 5.56 Å². The zero-order valence-corrected chi connectivity index (χ0v) is 14.7. The molecule has 1 aliphatic heterocycles. The number of carbonyl (C=O) groups is 1. The molecule has 1 aromatic carbocycles. The van der Waals surface area contributed by atoms with E-state index in [0.717, 1.165) is 31.6 Å². The fraction of sp³-hybridized carbons (Fsp3) is 0.400. The standard InChI is InChI=1S/C20H26N4O/c1-16-13-24(14-18-6-3-2-4-7-18)15-19(16)23-20(25)22-11-9-17-8-5-10-21-12-17/h2-8,10,12,16,19H,9,11,13-15H2,1H3,(H2,22,23,25). The first-order valence-corrected chi connectivity index (χ1v) is 8.90. The van der Waals surface area contributed by atoms with Crippen LogP contribution in [0.1, 0.15) is 18.1 Å². The van der Waals surface area contributed by atoms with Gasteiger partial charge in [-0.25, -0.2) is 4.79 Å². The normalized spacial score (nSPS) is 20.4. The lowest BCUT2D eigenvalue weighted by molar-refractivity contribution is 0.234. The molecule has 2 heterocycles. The summed E-state index contributed by atoms with van der Waals surface area (Å²) in [6.45, 7) is 5.66. The summed E-state index contributed by atoms with van der Waals surface area (Å²) in [5, 5.41) is 6.07. The second kappa shape index (κ2) is 8.62. The summed E-state index contributed by atoms with van der Waals surface area (Å²) in [6.07, 6.45) is 4.38. The van der Waals surface area contributed by atoms with Gasteiger partial charge in [-0.15, -0.1) is 0 Å². The smallest absolute Gasteiger partial charge is 0.315 e. The van der Waals surface area contributed by atoms with Crippen molar-refractivity contribution >= 4 is 6.03 Å². The molecule has 5 heteroatoms. The Kier molecular flexibility index (Phi) is 6.01. The third-order valence-electron chi connectivity index (χ3n) is 4.68. The van der Waals surface area contributed by atoms with E-state index in [2.05, 4.69) is 51.7 Å². The molecule has 0 radical (unpaired) electrons. The van der Waals surface area contributed by atoms with Gasteiger partial charge in [-0.3, -0.25) is 9.88 Å². The van der Waals surface area contributed by atoms with E-state index in [-0.39, 0.29) is 12.1 Å². The fourth-order valence-electron chi connectivity index (χ4n) is 3.31. The number of benzene rings is 1. The summed E-state index contributed by atoms with van der Waals surface area (Å²) in [6, 6.07) is 14.5. The predicted molar refractivity (Wildman–Crippen MR) is 99.1 cm³/mol. The minimum atomic E-state index is -0.0812. The van der Waals surface area contributed by atoms with E-state index in [0.29, 0.717) is 12.5 Å². The number of likely N-dealkylation sites (tertiary alicyclic amines) is 1. The molecule has 1 aromatic heterocycles. The van der Waals surface area contributed by atoms with Gasteiger partial charge < -0.3 is 10.6 Å². The SMILES string of the molecule is CC1CN(Cc2ccccc2)CC1NC(=O)NCCc1cccnc1. The number of hydrogen-bond acceptors (Lipinski definition) is 3. The molecule has 0 saturated carbocycles. The number of aromatic nitrogens is 1. The molecule has 25 heavy (non-hydrogen) atoms. The van der Waals surface area contributed by atoms with Crippen LogP contribution in [0.4, 0.5) is 4.79 Å². The maximum atomic E-state index is 12.1. The van der Waals surface area contributed by atoms with Crippen LogP contribution in [-0.4, -0.2) is 41.6 Å². The van der Waals surface area contributed by atoms with E-state index in [1.807, 2.05) is 24.4 Å². The van der Waals surface area contributed by atoms with Crippen LogP contribution in [0.15, 0.2) is 54.9 Å². The van der Waals surface area contributed by atoms with Crippen molar-refractivity contribution in [1.29, 1.82) is 0 Å². The van der Waals surface area contributed by atoms with Crippen LogP contribution in [-0.2, 0) is 13.0 Å². The highest BCUT2D eigenvalue weighted by Crippen LogP contribution is 2.18. The molecule has 3 rings (SSSR count). The van der Waals surface area contributed by atoms with Gasteiger partial charge in [0.25, 0.3) is 0 Å². The lowest BCUT2D eigenvalue weighted by atomic mass is 10.1. The lowest BCUT2D eigenvalue weighted by Gasteiger charge is -2.18. The second-order valence-corrected chi connectivity index (χ2v) is 6.77. The van der Waals surface area contributed by atoms with Gasteiger partial charge in [0, 0.05) is 44.6 Å². The van der Waals surface area contributed by atoms with Crippen molar-refractivity contribution in [2.75, 3.05) is 19.6 Å². The molecule has 1 aliphatic rings. The molecule has 0 bridgehead atoms. The lowest BCUT2D eigenvalue weighted by Crippen LogP contribution is -2.45. The topological polar surface area (TPSA) is 57.3 Å². The highest BCUT2D eigenvalue weighted by molar-refractivity contribution is 5.74. The molecular weight excluding hydrogens is 312 g/mol. The molecule has 1 saturated heterocycles. The minimum absolute atomic E-state index is 0.0812. The van der Waals surface area contributed by atoms with Gasteiger partial charge in [0.1, 0.15) is 0 Å². The van der Waals surface area contributed by atoms with Gasteiger partial charge >= 0.3 is 6.03 Å². The van der Waals surface area contributed by atoms with Crippen LogP contribution in [0.3, 0.4) is 0 Å². The van der Waals surface area contributed by atoms with E-state index in [4.69, 9.17) is 0 Å². The summed E-state index contributed by atoms with van der Waals surface area (Å²) in [5.74, 6) is 0.452. The summed E-state index contributed by atoms with van der Waals surface area (Å²) >= 11 is 0. The summed E-state index contributed by atoms with van der Waals surface area (Å²) in [7, 11) is 0. The van der Waals surface area contributed by atoms with Crippen molar-refractivity contribution in [2.24, 2.45) is 5.92 Å². The fourth-order valence-corrected chi connectivity index (χ4v) is 3.31. The van der Waals surface area contributed by atoms with Gasteiger partial charge in [-0.1, -0.05) is 43.3 Å². The van der Waals surface area contributed by atoms with Crippen LogP contribution < -0.4 is 10.6 Å². The molecule has 2 amide bonds. The Bertz CT molecular complexity index is 662. The van der Waals surface area contributed by atoms with E-state index < -0.39 is 0 Å². The molecule has 0 aliphatic carbocycles. The Morgan fingerprint density at radius 3 is 2.72 bits per heavy atom. The average molecular weight is 338 g/mol. The van der Waals surface area contributed by atoms with E-state index in [1.54, 1.807) is 6.20 Å². The van der Waals surface area contributed by atoms with Crippen molar-refractivity contribution < 1.29 is 4.79 Å². The number of amides is 2. The van der Waals surface area contributed by atoms with Crippen molar-refractivity contribution in [3.05, 3.63) is 66.0 Å². The minimum Gasteiger partial charge on any atom is -0.338 e. The summed E-state index contributed by atoms with van der Waals surface area (Å²) in [5.41, 5.74) is 2.45. The first kappa shape index (κ1) is 17.4. The Balaban J connectivity index is 1.40. The Labute approximate surface area is 149 Å². The average Bonchev–Trinajstić information content (AvgIpc) is 2.96. The number of nitrogens with one attached hydrogen (secondary N) is 2. The van der Waals surface area contributed by atoms with Gasteiger partial charge in [0.2, 0.25) is 0 Å². The highest BCUT2D eigenvalue weighted by Gasteiger charge is 2.30. The molecule has 2 atom stereocenters. The number of rotatable bonds is 6. The molecule has 2 N–H and O–H groups in total. The third kappa shape index (κ3) is 5.29. The molecule has 1 fully saturated rings. The number of pyridine rings is 1. The van der Waals surface area contributed by atoms with E-state index >= 15 is 0 Å². The second-order valence-electron chi connectivity index (χ2n) is 6.77. The van der Waals surface area contributed by atoms with Crippen LogP contribution in [0.2, 0.25) is 0 Å². The molecule has 5 nitrogen and oxygen atoms in total. The maximum absolute atomic E-state index is 12.1.